The first-order valence-corrected chi connectivity index (χ1v) is 7.77. The Kier molecular flexibility index (Phi) is 4.51. The lowest BCUT2D eigenvalue weighted by Gasteiger charge is -2.35. The van der Waals surface area contributed by atoms with Crippen LogP contribution in [0.25, 0.3) is 0 Å². The molecule has 1 heterocycles. The Labute approximate surface area is 128 Å². The van der Waals surface area contributed by atoms with E-state index in [2.05, 4.69) is 75.4 Å². The molecule has 0 amide bonds. The van der Waals surface area contributed by atoms with Crippen LogP contribution in [0.2, 0.25) is 0 Å². The monoisotopic (exact) mass is 331 g/mol. The van der Waals surface area contributed by atoms with Gasteiger partial charge in [-0.3, -0.25) is 4.90 Å². The first kappa shape index (κ1) is 13.8. The summed E-state index contributed by atoms with van der Waals surface area (Å²) in [5.74, 6) is 0. The van der Waals surface area contributed by atoms with E-state index in [9.17, 15) is 0 Å². The van der Waals surface area contributed by atoms with E-state index in [0.29, 0.717) is 0 Å². The number of nitrogens with zero attached hydrogens (tertiary/aromatic N) is 1. The van der Waals surface area contributed by atoms with Crippen LogP contribution >= 0.6 is 15.9 Å². The van der Waals surface area contributed by atoms with E-state index < -0.39 is 0 Å². The van der Waals surface area contributed by atoms with Gasteiger partial charge in [-0.2, -0.15) is 0 Å². The van der Waals surface area contributed by atoms with Gasteiger partial charge in [0.05, 0.1) is 19.3 Å². The van der Waals surface area contributed by atoms with Crippen molar-refractivity contribution in [1.29, 1.82) is 0 Å². The summed E-state index contributed by atoms with van der Waals surface area (Å²) in [6.45, 7) is 3.57. The Balaban J connectivity index is 2.01. The largest absolute Gasteiger partial charge is 0.379 e. The first-order chi connectivity index (χ1) is 9.86. The minimum Gasteiger partial charge on any atom is -0.379 e. The summed E-state index contributed by atoms with van der Waals surface area (Å²) in [6, 6.07) is 19.5. The molecule has 1 aliphatic rings. The average molecular weight is 332 g/mol. The molecule has 104 valence electrons. The molecule has 1 unspecified atom stereocenters. The minimum absolute atomic E-state index is 0.288. The summed E-state index contributed by atoms with van der Waals surface area (Å²) in [5.41, 5.74) is 2.65. The second-order valence-electron chi connectivity index (χ2n) is 4.98. The highest BCUT2D eigenvalue weighted by Gasteiger charge is 2.25. The van der Waals surface area contributed by atoms with Crippen LogP contribution in [0.3, 0.4) is 0 Å². The Morgan fingerprint density at radius 2 is 1.55 bits per heavy atom. The van der Waals surface area contributed by atoms with Gasteiger partial charge in [-0.1, -0.05) is 64.5 Å². The van der Waals surface area contributed by atoms with Crippen molar-refractivity contribution < 1.29 is 4.74 Å². The van der Waals surface area contributed by atoms with Gasteiger partial charge in [-0.05, 0) is 17.2 Å². The lowest BCUT2D eigenvalue weighted by atomic mass is 9.97. The third-order valence-electron chi connectivity index (χ3n) is 3.73. The summed E-state index contributed by atoms with van der Waals surface area (Å²) < 4.78 is 6.67. The molecule has 1 saturated heterocycles. The van der Waals surface area contributed by atoms with Gasteiger partial charge in [0.25, 0.3) is 0 Å². The predicted octanol–water partition coefficient (Wildman–Crippen LogP) is 3.87. The van der Waals surface area contributed by atoms with E-state index in [4.69, 9.17) is 4.74 Å². The maximum absolute atomic E-state index is 5.50. The number of halogens is 1. The van der Waals surface area contributed by atoms with Crippen molar-refractivity contribution in [2.75, 3.05) is 26.3 Å². The first-order valence-electron chi connectivity index (χ1n) is 6.97. The van der Waals surface area contributed by atoms with Gasteiger partial charge >= 0.3 is 0 Å². The summed E-state index contributed by atoms with van der Waals surface area (Å²) in [6.07, 6.45) is 0. The normalized spacial score (nSPS) is 17.9. The van der Waals surface area contributed by atoms with Crippen LogP contribution in [0.4, 0.5) is 0 Å². The molecular formula is C17H18BrNO. The van der Waals surface area contributed by atoms with Crippen molar-refractivity contribution in [3.8, 4) is 0 Å². The molecule has 2 nitrogen and oxygen atoms in total. The van der Waals surface area contributed by atoms with Crippen molar-refractivity contribution >= 4 is 15.9 Å². The zero-order valence-electron chi connectivity index (χ0n) is 11.3. The molecule has 0 aliphatic carbocycles. The van der Waals surface area contributed by atoms with Gasteiger partial charge < -0.3 is 4.74 Å². The molecule has 2 aromatic carbocycles. The smallest absolute Gasteiger partial charge is 0.0614 e. The van der Waals surface area contributed by atoms with E-state index in [1.54, 1.807) is 0 Å². The van der Waals surface area contributed by atoms with Crippen molar-refractivity contribution in [1.82, 2.24) is 4.90 Å². The van der Waals surface area contributed by atoms with Crippen molar-refractivity contribution in [2.45, 2.75) is 6.04 Å². The van der Waals surface area contributed by atoms with Crippen LogP contribution in [-0.4, -0.2) is 31.2 Å². The van der Waals surface area contributed by atoms with E-state index in [1.807, 2.05) is 0 Å². The van der Waals surface area contributed by atoms with E-state index in [0.717, 1.165) is 26.3 Å². The number of ether oxygens (including phenoxy) is 1. The molecule has 20 heavy (non-hydrogen) atoms. The van der Waals surface area contributed by atoms with E-state index in [-0.39, 0.29) is 6.04 Å². The van der Waals surface area contributed by atoms with E-state index >= 15 is 0 Å². The van der Waals surface area contributed by atoms with Crippen LogP contribution in [0.5, 0.6) is 0 Å². The summed E-state index contributed by atoms with van der Waals surface area (Å²) in [4.78, 5) is 2.50. The molecular weight excluding hydrogens is 314 g/mol. The SMILES string of the molecule is Brc1ccccc1C(c1ccccc1)N1CCOCC1. The lowest BCUT2D eigenvalue weighted by molar-refractivity contribution is 0.0238. The number of benzene rings is 2. The fourth-order valence-electron chi connectivity index (χ4n) is 2.75. The molecule has 0 saturated carbocycles. The predicted molar refractivity (Wildman–Crippen MR) is 84.8 cm³/mol. The highest BCUT2D eigenvalue weighted by Crippen LogP contribution is 2.33. The highest BCUT2D eigenvalue weighted by atomic mass is 79.9. The molecule has 3 rings (SSSR count). The van der Waals surface area contributed by atoms with Gasteiger partial charge in [0.2, 0.25) is 0 Å². The standard InChI is InChI=1S/C17H18BrNO/c18-16-9-5-4-8-15(16)17(14-6-2-1-3-7-14)19-10-12-20-13-11-19/h1-9,17H,10-13H2. The molecule has 1 aliphatic heterocycles. The Morgan fingerprint density at radius 1 is 0.900 bits per heavy atom. The zero-order chi connectivity index (χ0) is 13.8. The van der Waals surface area contributed by atoms with Crippen molar-refractivity contribution in [3.05, 3.63) is 70.2 Å². The van der Waals surface area contributed by atoms with Gasteiger partial charge in [0.15, 0.2) is 0 Å². The maximum Gasteiger partial charge on any atom is 0.0614 e. The maximum atomic E-state index is 5.50. The number of hydrogen-bond donors (Lipinski definition) is 0. The Hall–Kier alpha value is -1.16. The molecule has 0 N–H and O–H groups in total. The second-order valence-corrected chi connectivity index (χ2v) is 5.84. The minimum atomic E-state index is 0.288. The Bertz CT molecular complexity index is 552. The second kappa shape index (κ2) is 6.53. The fourth-order valence-corrected chi connectivity index (χ4v) is 3.26. The molecule has 0 radical (unpaired) electrons. The molecule has 0 spiro atoms. The molecule has 1 atom stereocenters. The van der Waals surface area contributed by atoms with Crippen LogP contribution in [0, 0.1) is 0 Å². The zero-order valence-corrected chi connectivity index (χ0v) is 12.9. The Morgan fingerprint density at radius 3 is 2.25 bits per heavy atom. The third-order valence-corrected chi connectivity index (χ3v) is 4.45. The number of morpholine rings is 1. The van der Waals surface area contributed by atoms with Gasteiger partial charge in [0, 0.05) is 17.6 Å². The van der Waals surface area contributed by atoms with E-state index in [1.165, 1.54) is 15.6 Å². The quantitative estimate of drug-likeness (QED) is 0.846. The van der Waals surface area contributed by atoms with Crippen LogP contribution in [0.15, 0.2) is 59.1 Å². The molecule has 3 heteroatoms. The highest BCUT2D eigenvalue weighted by molar-refractivity contribution is 9.10. The van der Waals surface area contributed by atoms with Gasteiger partial charge in [0.1, 0.15) is 0 Å². The number of rotatable bonds is 3. The number of hydrogen-bond acceptors (Lipinski definition) is 2. The van der Waals surface area contributed by atoms with Gasteiger partial charge in [-0.15, -0.1) is 0 Å². The molecule has 2 aromatic rings. The average Bonchev–Trinajstić information content (AvgIpc) is 2.52. The molecule has 1 fully saturated rings. The van der Waals surface area contributed by atoms with Gasteiger partial charge in [-0.25, -0.2) is 0 Å². The summed E-state index contributed by atoms with van der Waals surface area (Å²) in [7, 11) is 0. The van der Waals surface area contributed by atoms with Crippen molar-refractivity contribution in [2.24, 2.45) is 0 Å². The summed E-state index contributed by atoms with van der Waals surface area (Å²) >= 11 is 3.70. The van der Waals surface area contributed by atoms with Crippen LogP contribution < -0.4 is 0 Å². The summed E-state index contributed by atoms with van der Waals surface area (Å²) in [5, 5.41) is 0. The fraction of sp³-hybridized carbons (Fsp3) is 0.294. The molecule has 0 bridgehead atoms. The van der Waals surface area contributed by atoms with Crippen LogP contribution in [-0.2, 0) is 4.74 Å². The third kappa shape index (κ3) is 2.95. The lowest BCUT2D eigenvalue weighted by Crippen LogP contribution is -2.39. The topological polar surface area (TPSA) is 12.5 Å². The van der Waals surface area contributed by atoms with Crippen molar-refractivity contribution in [3.63, 3.8) is 0 Å². The van der Waals surface area contributed by atoms with Crippen LogP contribution in [0.1, 0.15) is 17.2 Å². The molecule has 0 aromatic heterocycles.